The Morgan fingerprint density at radius 2 is 2.00 bits per heavy atom. The molecular formula is C22H21F4N3O4S. The quantitative estimate of drug-likeness (QED) is 0.313. The minimum absolute atomic E-state index is 0.00965. The van der Waals surface area contributed by atoms with Crippen molar-refractivity contribution in [2.75, 3.05) is 17.6 Å². The lowest BCUT2D eigenvalue weighted by Gasteiger charge is -2.11. The Kier molecular flexibility index (Phi) is 8.78. The number of nitrogens with zero attached hydrogens (tertiary/aromatic N) is 1. The number of nitrogens with one attached hydrogen (secondary N) is 2. The van der Waals surface area contributed by atoms with Gasteiger partial charge in [0.1, 0.15) is 11.5 Å². The highest BCUT2D eigenvalue weighted by Crippen LogP contribution is 2.28. The highest BCUT2D eigenvalue weighted by Gasteiger charge is 2.32. The van der Waals surface area contributed by atoms with Crippen LogP contribution in [0.5, 0.6) is 0 Å². The number of anilines is 1. The fourth-order valence-electron chi connectivity index (χ4n) is 2.72. The molecule has 0 fully saturated rings. The number of halogens is 4. The maximum atomic E-state index is 14.3. The topological polar surface area (TPSA) is 97.4 Å². The Morgan fingerprint density at radius 3 is 2.59 bits per heavy atom. The maximum Gasteiger partial charge on any atom is 0.433 e. The van der Waals surface area contributed by atoms with Crippen LogP contribution in [0.15, 0.2) is 30.3 Å². The van der Waals surface area contributed by atoms with Gasteiger partial charge in [-0.3, -0.25) is 9.52 Å². The molecule has 12 heteroatoms. The summed E-state index contributed by atoms with van der Waals surface area (Å²) in [6.45, 7) is 1.61. The Bertz CT molecular complexity index is 1240. The summed E-state index contributed by atoms with van der Waals surface area (Å²) in [4.78, 5) is 15.8. The van der Waals surface area contributed by atoms with Gasteiger partial charge in [0.25, 0.3) is 0 Å². The Morgan fingerprint density at radius 1 is 1.29 bits per heavy atom. The van der Waals surface area contributed by atoms with Gasteiger partial charge in [0.05, 0.1) is 29.8 Å². The van der Waals surface area contributed by atoms with Gasteiger partial charge in [-0.25, -0.2) is 17.8 Å². The molecule has 0 aliphatic heterocycles. The highest BCUT2D eigenvalue weighted by molar-refractivity contribution is 7.92. The van der Waals surface area contributed by atoms with Gasteiger partial charge in [0, 0.05) is 19.2 Å². The lowest BCUT2D eigenvalue weighted by atomic mass is 10.1. The molecular weight excluding hydrogens is 478 g/mol. The molecule has 182 valence electrons. The Hall–Kier alpha value is -3.43. The van der Waals surface area contributed by atoms with Crippen molar-refractivity contribution in [3.63, 3.8) is 0 Å². The summed E-state index contributed by atoms with van der Waals surface area (Å²) < 4.78 is 83.0. The molecule has 1 aromatic heterocycles. The monoisotopic (exact) mass is 499 g/mol. The first-order chi connectivity index (χ1) is 15.8. The second kappa shape index (κ2) is 11.1. The van der Waals surface area contributed by atoms with Gasteiger partial charge in [-0.2, -0.15) is 13.2 Å². The van der Waals surface area contributed by atoms with Crippen molar-refractivity contribution in [1.82, 2.24) is 10.3 Å². The van der Waals surface area contributed by atoms with E-state index < -0.39 is 33.6 Å². The zero-order valence-electron chi connectivity index (χ0n) is 18.2. The van der Waals surface area contributed by atoms with Gasteiger partial charge in [-0.15, -0.1) is 6.42 Å². The number of rotatable bonds is 9. The fourth-order valence-corrected chi connectivity index (χ4v) is 3.30. The molecule has 0 radical (unpaired) electrons. The van der Waals surface area contributed by atoms with Gasteiger partial charge in [-0.05, 0) is 42.3 Å². The number of carbonyl (C=O) groups excluding carboxylic acids is 1. The summed E-state index contributed by atoms with van der Waals surface area (Å²) >= 11 is 0. The van der Waals surface area contributed by atoms with E-state index >= 15 is 0 Å². The van der Waals surface area contributed by atoms with Crippen LogP contribution in [0, 0.1) is 18.2 Å². The van der Waals surface area contributed by atoms with E-state index in [9.17, 15) is 30.8 Å². The van der Waals surface area contributed by atoms with Gasteiger partial charge in [-0.1, -0.05) is 12.0 Å². The van der Waals surface area contributed by atoms with Crippen LogP contribution in [0.1, 0.15) is 35.0 Å². The predicted molar refractivity (Wildman–Crippen MR) is 118 cm³/mol. The summed E-state index contributed by atoms with van der Waals surface area (Å²) in [5.74, 6) is 0.638. The van der Waals surface area contributed by atoms with E-state index in [1.807, 2.05) is 4.72 Å². The number of carbonyl (C=O) groups is 1. The van der Waals surface area contributed by atoms with Crippen LogP contribution in [-0.4, -0.2) is 32.2 Å². The molecule has 0 bridgehead atoms. The molecule has 1 heterocycles. The van der Waals surface area contributed by atoms with Crippen LogP contribution >= 0.6 is 0 Å². The van der Waals surface area contributed by atoms with Crippen LogP contribution in [-0.2, 0) is 38.9 Å². The third-order valence-electron chi connectivity index (χ3n) is 4.22. The first kappa shape index (κ1) is 26.8. The SMILES string of the molecule is C#Cc1cc(CNC(=O)/C=C/c2ccc(C(F)(F)F)nc2COCC)cc(F)c1NS(C)(=O)=O. The molecule has 34 heavy (non-hydrogen) atoms. The number of ether oxygens (including phenoxy) is 1. The summed E-state index contributed by atoms with van der Waals surface area (Å²) in [5, 5.41) is 2.48. The molecule has 7 nitrogen and oxygen atoms in total. The first-order valence-corrected chi connectivity index (χ1v) is 11.6. The summed E-state index contributed by atoms with van der Waals surface area (Å²) in [6.07, 6.45) is 3.91. The molecule has 0 atom stereocenters. The van der Waals surface area contributed by atoms with Gasteiger partial charge >= 0.3 is 6.18 Å². The standard InChI is InChI=1S/C22H21F4N3O4S/c1-4-15-10-14(11-17(23)21(15)29-34(3,31)32)12-27-20(30)9-7-16-6-8-19(22(24,25)26)28-18(16)13-33-5-2/h1,6-11,29H,5,12-13H2,2-3H3,(H,27,30)/b9-7+. The number of benzene rings is 1. The third-order valence-corrected chi connectivity index (χ3v) is 4.79. The van der Waals surface area contributed by atoms with E-state index in [0.717, 1.165) is 24.5 Å². The van der Waals surface area contributed by atoms with Gasteiger partial charge < -0.3 is 10.1 Å². The smallest absolute Gasteiger partial charge is 0.375 e. The zero-order valence-corrected chi connectivity index (χ0v) is 19.0. The van der Waals surface area contributed by atoms with Crippen LogP contribution < -0.4 is 10.0 Å². The van der Waals surface area contributed by atoms with Crippen LogP contribution in [0.25, 0.3) is 6.08 Å². The van der Waals surface area contributed by atoms with Crippen molar-refractivity contribution in [1.29, 1.82) is 0 Å². The molecule has 0 aliphatic carbocycles. The van der Waals surface area contributed by atoms with Crippen molar-refractivity contribution in [3.05, 3.63) is 64.2 Å². The number of amides is 1. The van der Waals surface area contributed by atoms with Crippen molar-refractivity contribution in [3.8, 4) is 12.3 Å². The molecule has 2 aromatic rings. The van der Waals surface area contributed by atoms with Gasteiger partial charge in [0.2, 0.25) is 15.9 Å². The minimum Gasteiger partial charge on any atom is -0.375 e. The summed E-state index contributed by atoms with van der Waals surface area (Å²) in [7, 11) is -3.77. The maximum absolute atomic E-state index is 14.3. The number of terminal acetylenes is 1. The van der Waals surface area contributed by atoms with E-state index in [2.05, 4.69) is 16.2 Å². The van der Waals surface area contributed by atoms with Crippen molar-refractivity contribution in [2.45, 2.75) is 26.3 Å². The molecule has 0 unspecified atom stereocenters. The number of hydrogen-bond donors (Lipinski definition) is 2. The predicted octanol–water partition coefficient (Wildman–Crippen LogP) is 3.46. The lowest BCUT2D eigenvalue weighted by Crippen LogP contribution is -2.21. The lowest BCUT2D eigenvalue weighted by molar-refractivity contribution is -0.141. The molecule has 0 saturated heterocycles. The normalized spacial score (nSPS) is 11.9. The Labute approximate surface area is 194 Å². The molecule has 1 aromatic carbocycles. The number of pyridine rings is 1. The zero-order chi connectivity index (χ0) is 25.5. The summed E-state index contributed by atoms with van der Waals surface area (Å²) in [6, 6.07) is 4.32. The fraction of sp³-hybridized carbons (Fsp3) is 0.273. The average molecular weight is 499 g/mol. The van der Waals surface area contributed by atoms with Crippen LogP contribution in [0.3, 0.4) is 0 Å². The van der Waals surface area contributed by atoms with E-state index in [-0.39, 0.29) is 47.8 Å². The van der Waals surface area contributed by atoms with E-state index in [4.69, 9.17) is 11.2 Å². The summed E-state index contributed by atoms with van der Waals surface area (Å²) in [5.41, 5.74) is -0.981. The molecule has 0 spiro atoms. The third kappa shape index (κ3) is 7.86. The van der Waals surface area contributed by atoms with E-state index in [0.29, 0.717) is 0 Å². The second-order valence-electron chi connectivity index (χ2n) is 6.94. The highest BCUT2D eigenvalue weighted by atomic mass is 32.2. The molecule has 2 N–H and O–H groups in total. The van der Waals surface area contributed by atoms with Crippen molar-refractivity contribution < 1.29 is 35.5 Å². The molecule has 0 aliphatic rings. The van der Waals surface area contributed by atoms with Crippen LogP contribution in [0.2, 0.25) is 0 Å². The number of hydrogen-bond acceptors (Lipinski definition) is 5. The molecule has 2 rings (SSSR count). The number of aromatic nitrogens is 1. The largest absolute Gasteiger partial charge is 0.433 e. The Balaban J connectivity index is 2.15. The van der Waals surface area contributed by atoms with Gasteiger partial charge in [0.15, 0.2) is 0 Å². The number of alkyl halides is 3. The average Bonchev–Trinajstić information content (AvgIpc) is 2.75. The van der Waals surface area contributed by atoms with E-state index in [1.165, 1.54) is 18.2 Å². The van der Waals surface area contributed by atoms with Crippen molar-refractivity contribution >= 4 is 27.7 Å². The molecule has 1 amide bonds. The van der Waals surface area contributed by atoms with Crippen LogP contribution in [0.4, 0.5) is 23.2 Å². The number of sulfonamides is 1. The van der Waals surface area contributed by atoms with E-state index in [1.54, 1.807) is 6.92 Å². The van der Waals surface area contributed by atoms with Crippen molar-refractivity contribution in [2.24, 2.45) is 0 Å². The molecule has 0 saturated carbocycles. The first-order valence-electron chi connectivity index (χ1n) is 9.71. The minimum atomic E-state index is -4.63. The second-order valence-corrected chi connectivity index (χ2v) is 8.69.